The summed E-state index contributed by atoms with van der Waals surface area (Å²) in [6.07, 6.45) is 1.01. The number of halogens is 2. The number of hydrogen-bond acceptors (Lipinski definition) is 5. The van der Waals surface area contributed by atoms with E-state index in [1.807, 2.05) is 0 Å². The number of ether oxygens (including phenoxy) is 1. The van der Waals surface area contributed by atoms with Crippen LogP contribution in [0, 0.1) is 17.6 Å². The van der Waals surface area contributed by atoms with Crippen LogP contribution < -0.4 is 0 Å². The van der Waals surface area contributed by atoms with Crippen LogP contribution in [0.5, 0.6) is 0 Å². The number of esters is 1. The minimum atomic E-state index is -3.63. The fourth-order valence-corrected chi connectivity index (χ4v) is 5.49. The lowest BCUT2D eigenvalue weighted by Gasteiger charge is -2.30. The summed E-state index contributed by atoms with van der Waals surface area (Å²) in [6.45, 7) is -0.0379. The molecule has 5 nitrogen and oxygen atoms in total. The zero-order valence-corrected chi connectivity index (χ0v) is 15.4. The molecule has 1 unspecified atom stereocenters. The van der Waals surface area contributed by atoms with Crippen molar-refractivity contribution in [2.24, 2.45) is 5.92 Å². The number of carbonyl (C=O) groups is 1. The first kappa shape index (κ1) is 18.9. The van der Waals surface area contributed by atoms with Crippen molar-refractivity contribution in [1.82, 2.24) is 4.31 Å². The highest BCUT2D eigenvalue weighted by Crippen LogP contribution is 2.27. The number of piperidine rings is 1. The standard InChI is InChI=1S/C17H17F2NO4S2/c18-14-6-1-4-13(16(14)19)11-24-17(21)12-5-2-8-20(10-12)26(22,23)15-7-3-9-25-15/h1,3-4,6-7,9,12H,2,5,8,10-11H2. The molecule has 0 radical (unpaired) electrons. The van der Waals surface area contributed by atoms with Gasteiger partial charge in [-0.3, -0.25) is 4.79 Å². The first-order valence-corrected chi connectivity index (χ1v) is 10.3. The molecule has 1 aliphatic heterocycles. The molecule has 140 valence electrons. The fourth-order valence-electron chi connectivity index (χ4n) is 2.82. The van der Waals surface area contributed by atoms with Crippen LogP contribution >= 0.6 is 11.3 Å². The normalized spacial score (nSPS) is 18.6. The lowest BCUT2D eigenvalue weighted by molar-refractivity contribution is -0.151. The van der Waals surface area contributed by atoms with Gasteiger partial charge >= 0.3 is 5.97 Å². The van der Waals surface area contributed by atoms with Crippen LogP contribution in [-0.4, -0.2) is 31.8 Å². The smallest absolute Gasteiger partial charge is 0.310 e. The molecule has 3 rings (SSSR count). The Morgan fingerprint density at radius 2 is 2.08 bits per heavy atom. The first-order valence-electron chi connectivity index (χ1n) is 8.03. The third-order valence-corrected chi connectivity index (χ3v) is 7.45. The molecular weight excluding hydrogens is 384 g/mol. The van der Waals surface area contributed by atoms with Crippen molar-refractivity contribution in [1.29, 1.82) is 0 Å². The maximum Gasteiger partial charge on any atom is 0.310 e. The van der Waals surface area contributed by atoms with Crippen LogP contribution in [-0.2, 0) is 26.2 Å². The second-order valence-electron chi connectivity index (χ2n) is 5.95. The quantitative estimate of drug-likeness (QED) is 0.722. The molecule has 1 atom stereocenters. The summed E-state index contributed by atoms with van der Waals surface area (Å²) in [4.78, 5) is 12.3. The second-order valence-corrected chi connectivity index (χ2v) is 9.07. The third kappa shape index (κ3) is 3.94. The van der Waals surface area contributed by atoms with Crippen molar-refractivity contribution < 1.29 is 26.7 Å². The van der Waals surface area contributed by atoms with Crippen molar-refractivity contribution in [3.8, 4) is 0 Å². The van der Waals surface area contributed by atoms with E-state index in [1.54, 1.807) is 11.4 Å². The van der Waals surface area contributed by atoms with Crippen LogP contribution in [0.3, 0.4) is 0 Å². The summed E-state index contributed by atoms with van der Waals surface area (Å²) in [7, 11) is -3.63. The van der Waals surface area contributed by atoms with Crippen LogP contribution in [0.2, 0.25) is 0 Å². The average molecular weight is 401 g/mol. The number of rotatable bonds is 5. The molecule has 1 aliphatic rings. The average Bonchev–Trinajstić information content (AvgIpc) is 3.18. The molecule has 0 saturated carbocycles. The van der Waals surface area contributed by atoms with Gasteiger partial charge in [-0.25, -0.2) is 17.2 Å². The van der Waals surface area contributed by atoms with Gasteiger partial charge in [0.05, 0.1) is 5.92 Å². The Morgan fingerprint density at radius 1 is 1.27 bits per heavy atom. The Bertz CT molecular complexity index is 884. The van der Waals surface area contributed by atoms with E-state index in [2.05, 4.69) is 0 Å². The van der Waals surface area contributed by atoms with E-state index >= 15 is 0 Å². The van der Waals surface area contributed by atoms with Gasteiger partial charge in [-0.1, -0.05) is 18.2 Å². The van der Waals surface area contributed by atoms with Crippen molar-refractivity contribution in [3.05, 3.63) is 52.9 Å². The summed E-state index contributed by atoms with van der Waals surface area (Å²) >= 11 is 1.12. The second kappa shape index (κ2) is 7.81. The Hall–Kier alpha value is -1.84. The molecule has 1 aromatic carbocycles. The lowest BCUT2D eigenvalue weighted by atomic mass is 10.00. The van der Waals surface area contributed by atoms with Crippen LogP contribution in [0.25, 0.3) is 0 Å². The molecule has 1 fully saturated rings. The van der Waals surface area contributed by atoms with Crippen LogP contribution in [0.4, 0.5) is 8.78 Å². The highest BCUT2D eigenvalue weighted by atomic mass is 32.2. The van der Waals surface area contributed by atoms with Gasteiger partial charge in [0.2, 0.25) is 0 Å². The van der Waals surface area contributed by atoms with Gasteiger partial charge in [-0.15, -0.1) is 11.3 Å². The molecular formula is C17H17F2NO4S2. The highest BCUT2D eigenvalue weighted by Gasteiger charge is 2.34. The molecule has 0 spiro atoms. The largest absolute Gasteiger partial charge is 0.460 e. The number of hydrogen-bond donors (Lipinski definition) is 0. The minimum Gasteiger partial charge on any atom is -0.460 e. The molecule has 0 N–H and O–H groups in total. The Labute approximate surface area is 154 Å². The van der Waals surface area contributed by atoms with Gasteiger partial charge in [-0.05, 0) is 30.4 Å². The molecule has 2 heterocycles. The Kier molecular flexibility index (Phi) is 5.69. The predicted molar refractivity (Wildman–Crippen MR) is 92.0 cm³/mol. The van der Waals surface area contributed by atoms with Crippen molar-refractivity contribution in [2.75, 3.05) is 13.1 Å². The maximum absolute atomic E-state index is 13.6. The van der Waals surface area contributed by atoms with E-state index in [0.717, 1.165) is 17.4 Å². The third-order valence-electron chi connectivity index (χ3n) is 4.21. The molecule has 0 amide bonds. The summed E-state index contributed by atoms with van der Waals surface area (Å²) < 4.78 is 58.5. The number of benzene rings is 1. The lowest BCUT2D eigenvalue weighted by Crippen LogP contribution is -2.42. The number of thiophene rings is 1. The van der Waals surface area contributed by atoms with E-state index in [4.69, 9.17) is 4.74 Å². The summed E-state index contributed by atoms with van der Waals surface area (Å²) in [6, 6.07) is 6.82. The van der Waals surface area contributed by atoms with E-state index < -0.39 is 40.2 Å². The fraction of sp³-hybridized carbons (Fsp3) is 0.353. The van der Waals surface area contributed by atoms with Gasteiger partial charge < -0.3 is 4.74 Å². The Balaban J connectivity index is 1.64. The molecule has 9 heteroatoms. The zero-order valence-electron chi connectivity index (χ0n) is 13.7. The first-order chi connectivity index (χ1) is 12.4. The predicted octanol–water partition coefficient (Wildman–Crippen LogP) is 3.17. The monoisotopic (exact) mass is 401 g/mol. The Morgan fingerprint density at radius 3 is 2.81 bits per heavy atom. The van der Waals surface area contributed by atoms with E-state index in [0.29, 0.717) is 19.4 Å². The summed E-state index contributed by atoms with van der Waals surface area (Å²) in [5.41, 5.74) is -0.0581. The number of carbonyl (C=O) groups excluding carboxylic acids is 1. The van der Waals surface area contributed by atoms with E-state index in [9.17, 15) is 22.0 Å². The van der Waals surface area contributed by atoms with Gasteiger partial charge in [-0.2, -0.15) is 4.31 Å². The maximum atomic E-state index is 13.6. The topological polar surface area (TPSA) is 63.7 Å². The van der Waals surface area contributed by atoms with E-state index in [1.165, 1.54) is 22.5 Å². The number of nitrogens with zero attached hydrogens (tertiary/aromatic N) is 1. The minimum absolute atomic E-state index is 0.0186. The van der Waals surface area contributed by atoms with E-state index in [-0.39, 0.29) is 16.3 Å². The summed E-state index contributed by atoms with van der Waals surface area (Å²) in [5, 5.41) is 1.68. The number of sulfonamides is 1. The van der Waals surface area contributed by atoms with Gasteiger partial charge in [0.25, 0.3) is 10.0 Å². The van der Waals surface area contributed by atoms with Gasteiger partial charge in [0.1, 0.15) is 10.8 Å². The SMILES string of the molecule is O=C(OCc1cccc(F)c1F)C1CCCN(S(=O)(=O)c2cccs2)C1. The van der Waals surface area contributed by atoms with Crippen LogP contribution in [0.1, 0.15) is 18.4 Å². The van der Waals surface area contributed by atoms with Gasteiger partial charge in [0.15, 0.2) is 11.6 Å². The molecule has 0 aliphatic carbocycles. The van der Waals surface area contributed by atoms with Crippen LogP contribution in [0.15, 0.2) is 39.9 Å². The molecule has 2 aromatic rings. The zero-order chi connectivity index (χ0) is 18.7. The van der Waals surface area contributed by atoms with Gasteiger partial charge in [0, 0.05) is 18.7 Å². The molecule has 26 heavy (non-hydrogen) atoms. The van der Waals surface area contributed by atoms with Crippen molar-refractivity contribution >= 4 is 27.3 Å². The highest BCUT2D eigenvalue weighted by molar-refractivity contribution is 7.91. The molecule has 1 saturated heterocycles. The summed E-state index contributed by atoms with van der Waals surface area (Å²) in [5.74, 6) is -3.30. The van der Waals surface area contributed by atoms with Crippen molar-refractivity contribution in [3.63, 3.8) is 0 Å². The molecule has 0 bridgehead atoms. The molecule has 1 aromatic heterocycles. The van der Waals surface area contributed by atoms with Crippen molar-refractivity contribution in [2.45, 2.75) is 23.7 Å².